The van der Waals surface area contributed by atoms with Crippen molar-refractivity contribution in [3.05, 3.63) is 55.0 Å². The molecule has 0 bridgehead atoms. The lowest BCUT2D eigenvalue weighted by Crippen LogP contribution is -1.79. The molecule has 1 aromatic carbocycles. The summed E-state index contributed by atoms with van der Waals surface area (Å²) < 4.78 is 0. The van der Waals surface area contributed by atoms with Gasteiger partial charge in [-0.05, 0) is 36.7 Å². The quantitative estimate of drug-likeness (QED) is 0.488. The van der Waals surface area contributed by atoms with Crippen molar-refractivity contribution in [2.45, 2.75) is 31.6 Å². The highest BCUT2D eigenvalue weighted by Gasteiger charge is 2.35. The summed E-state index contributed by atoms with van der Waals surface area (Å²) in [6, 6.07) is 10.8. The molecule has 0 unspecified atom stereocenters. The van der Waals surface area contributed by atoms with Crippen LogP contribution in [0.2, 0.25) is 0 Å². The van der Waals surface area contributed by atoms with E-state index in [2.05, 4.69) is 49.4 Å². The van der Waals surface area contributed by atoms with E-state index in [0.29, 0.717) is 0 Å². The van der Waals surface area contributed by atoms with Gasteiger partial charge in [0.15, 0.2) is 0 Å². The molecule has 1 aliphatic carbocycles. The van der Waals surface area contributed by atoms with E-state index in [-0.39, 0.29) is 0 Å². The van der Waals surface area contributed by atoms with Crippen LogP contribution in [0.5, 0.6) is 0 Å². The van der Waals surface area contributed by atoms with E-state index in [0.717, 1.165) is 18.3 Å². The molecule has 1 saturated carbocycles. The normalized spacial score (nSPS) is 24.6. The molecule has 0 heterocycles. The first kappa shape index (κ1) is 10.5. The molecule has 15 heavy (non-hydrogen) atoms. The first-order chi connectivity index (χ1) is 7.42. The summed E-state index contributed by atoms with van der Waals surface area (Å²) in [6.07, 6.45) is 9.54. The first-order valence-corrected chi connectivity index (χ1v) is 5.92. The summed E-state index contributed by atoms with van der Waals surface area (Å²) in [4.78, 5) is 0. The Bertz CT molecular complexity index is 310. The lowest BCUT2D eigenvalue weighted by molar-refractivity contribution is 0.858. The number of allylic oxidation sites excluding steroid dienone is 2. The van der Waals surface area contributed by atoms with E-state index in [1.54, 1.807) is 0 Å². The fourth-order valence-electron chi connectivity index (χ4n) is 2.04. The van der Waals surface area contributed by atoms with Crippen LogP contribution in [0.15, 0.2) is 42.5 Å². The van der Waals surface area contributed by atoms with Crippen molar-refractivity contribution in [1.29, 1.82) is 0 Å². The molecule has 2 atom stereocenters. The molecule has 2 rings (SSSR count). The maximum absolute atomic E-state index is 3.85. The van der Waals surface area contributed by atoms with E-state index in [4.69, 9.17) is 0 Å². The zero-order valence-electron chi connectivity index (χ0n) is 9.23. The molecular weight excluding hydrogens is 180 g/mol. The van der Waals surface area contributed by atoms with Crippen molar-refractivity contribution in [3.63, 3.8) is 0 Å². The number of rotatable bonds is 5. The monoisotopic (exact) mass is 199 g/mol. The smallest absolute Gasteiger partial charge is 0.00930 e. The van der Waals surface area contributed by atoms with Crippen LogP contribution in [0.4, 0.5) is 0 Å². The van der Waals surface area contributed by atoms with E-state index >= 15 is 0 Å². The molecule has 1 aliphatic rings. The van der Waals surface area contributed by atoms with Gasteiger partial charge in [0, 0.05) is 0 Å². The fraction of sp³-hybridized carbons (Fsp3) is 0.400. The Morgan fingerprint density at radius 3 is 2.80 bits per heavy atom. The molecule has 0 aliphatic heterocycles. The van der Waals surface area contributed by atoms with Crippen molar-refractivity contribution in [1.82, 2.24) is 0 Å². The summed E-state index contributed by atoms with van der Waals surface area (Å²) in [7, 11) is 0. The van der Waals surface area contributed by atoms with Crippen LogP contribution in [0, 0.1) is 12.8 Å². The van der Waals surface area contributed by atoms with E-state index in [9.17, 15) is 0 Å². The van der Waals surface area contributed by atoms with E-state index < -0.39 is 0 Å². The van der Waals surface area contributed by atoms with Crippen molar-refractivity contribution in [2.24, 2.45) is 5.92 Å². The second-order valence-corrected chi connectivity index (χ2v) is 4.34. The lowest BCUT2D eigenvalue weighted by Gasteiger charge is -1.96. The van der Waals surface area contributed by atoms with Crippen LogP contribution in [-0.4, -0.2) is 0 Å². The number of unbranched alkanes of at least 4 members (excludes halogenated alkanes) is 2. The first-order valence-electron chi connectivity index (χ1n) is 5.92. The largest absolute Gasteiger partial charge is 0.0882 e. The van der Waals surface area contributed by atoms with Gasteiger partial charge in [-0.15, -0.1) is 0 Å². The second kappa shape index (κ2) is 5.16. The molecule has 0 nitrogen and oxygen atoms in total. The number of hydrogen-bond acceptors (Lipinski definition) is 0. The van der Waals surface area contributed by atoms with Gasteiger partial charge in [0.1, 0.15) is 0 Å². The van der Waals surface area contributed by atoms with Gasteiger partial charge in [-0.1, -0.05) is 55.8 Å². The SMILES string of the molecule is [CH2]CCC/C=C/[C@@H]1C[C@H]1c1ccccc1. The Balaban J connectivity index is 1.79. The molecule has 79 valence electrons. The predicted molar refractivity (Wildman–Crippen MR) is 65.6 cm³/mol. The second-order valence-electron chi connectivity index (χ2n) is 4.34. The lowest BCUT2D eigenvalue weighted by atomic mass is 10.1. The number of benzene rings is 1. The van der Waals surface area contributed by atoms with Gasteiger partial charge >= 0.3 is 0 Å². The summed E-state index contributed by atoms with van der Waals surface area (Å²) in [6.45, 7) is 3.85. The van der Waals surface area contributed by atoms with E-state index in [1.165, 1.54) is 24.8 Å². The van der Waals surface area contributed by atoms with Crippen molar-refractivity contribution >= 4 is 0 Å². The van der Waals surface area contributed by atoms with Crippen molar-refractivity contribution in [3.8, 4) is 0 Å². The molecule has 0 heteroatoms. The Labute approximate surface area is 93.0 Å². The molecule has 0 aromatic heterocycles. The van der Waals surface area contributed by atoms with Gasteiger partial charge in [-0.2, -0.15) is 0 Å². The van der Waals surface area contributed by atoms with Crippen molar-refractivity contribution in [2.75, 3.05) is 0 Å². The molecule has 0 amide bonds. The number of hydrogen-bond donors (Lipinski definition) is 0. The maximum Gasteiger partial charge on any atom is -0.00930 e. The Morgan fingerprint density at radius 2 is 2.07 bits per heavy atom. The fourth-order valence-corrected chi connectivity index (χ4v) is 2.04. The Kier molecular flexibility index (Phi) is 3.60. The zero-order valence-corrected chi connectivity index (χ0v) is 9.23. The highest BCUT2D eigenvalue weighted by atomic mass is 14.4. The van der Waals surface area contributed by atoms with Gasteiger partial charge in [0.25, 0.3) is 0 Å². The average molecular weight is 199 g/mol. The highest BCUT2D eigenvalue weighted by molar-refractivity contribution is 5.28. The minimum atomic E-state index is 0.794. The van der Waals surface area contributed by atoms with Crippen molar-refractivity contribution < 1.29 is 0 Å². The summed E-state index contributed by atoms with van der Waals surface area (Å²) >= 11 is 0. The van der Waals surface area contributed by atoms with Crippen LogP contribution >= 0.6 is 0 Å². The summed E-state index contributed by atoms with van der Waals surface area (Å²) in [5, 5.41) is 0. The molecule has 1 fully saturated rings. The molecular formula is C15H19. The summed E-state index contributed by atoms with van der Waals surface area (Å²) in [5.74, 6) is 1.60. The van der Waals surface area contributed by atoms with Crippen LogP contribution in [0.25, 0.3) is 0 Å². The molecule has 0 N–H and O–H groups in total. The topological polar surface area (TPSA) is 0 Å². The van der Waals surface area contributed by atoms with Crippen LogP contribution in [-0.2, 0) is 0 Å². The van der Waals surface area contributed by atoms with Gasteiger partial charge in [0.2, 0.25) is 0 Å². The third-order valence-corrected chi connectivity index (χ3v) is 3.07. The maximum atomic E-state index is 3.85. The molecule has 0 spiro atoms. The third-order valence-electron chi connectivity index (χ3n) is 3.07. The summed E-state index contributed by atoms with van der Waals surface area (Å²) in [5.41, 5.74) is 1.50. The van der Waals surface area contributed by atoms with Gasteiger partial charge in [0.05, 0.1) is 0 Å². The van der Waals surface area contributed by atoms with Gasteiger partial charge in [-0.3, -0.25) is 0 Å². The zero-order chi connectivity index (χ0) is 10.5. The van der Waals surface area contributed by atoms with E-state index in [1.807, 2.05) is 0 Å². The molecule has 0 saturated heterocycles. The average Bonchev–Trinajstić information content (AvgIpc) is 3.05. The predicted octanol–water partition coefficient (Wildman–Crippen LogP) is 4.35. The van der Waals surface area contributed by atoms with Crippen LogP contribution < -0.4 is 0 Å². The van der Waals surface area contributed by atoms with Crippen LogP contribution in [0.1, 0.15) is 37.2 Å². The standard InChI is InChI=1S/C15H19/c1-2-3-4-6-11-14-12-15(14)13-9-7-5-8-10-13/h5-11,14-15H,1-4,12H2/b11-6+/t14-,15+/m1/s1. The minimum Gasteiger partial charge on any atom is -0.0882 e. The Morgan fingerprint density at radius 1 is 1.27 bits per heavy atom. The van der Waals surface area contributed by atoms with Gasteiger partial charge < -0.3 is 0 Å². The molecule has 1 radical (unpaired) electrons. The van der Waals surface area contributed by atoms with Gasteiger partial charge in [-0.25, -0.2) is 0 Å². The van der Waals surface area contributed by atoms with Crippen LogP contribution in [0.3, 0.4) is 0 Å². The third kappa shape index (κ3) is 2.95. The highest BCUT2D eigenvalue weighted by Crippen LogP contribution is 2.48. The molecule has 1 aromatic rings. The Hall–Kier alpha value is -1.04. The minimum absolute atomic E-state index is 0.794.